The third kappa shape index (κ3) is 2.43. The molecule has 2 aromatic heterocycles. The normalized spacial score (nSPS) is 10.2. The summed E-state index contributed by atoms with van der Waals surface area (Å²) in [6.45, 7) is 0.545. The third-order valence-electron chi connectivity index (χ3n) is 2.14. The number of nitrogen functional groups attached to an aromatic ring is 1. The molecule has 16 heavy (non-hydrogen) atoms. The van der Waals surface area contributed by atoms with Crippen molar-refractivity contribution in [2.45, 2.75) is 6.42 Å². The summed E-state index contributed by atoms with van der Waals surface area (Å²) in [4.78, 5) is 12.2. The molecule has 5 heteroatoms. The molecule has 0 fully saturated rings. The lowest BCUT2D eigenvalue weighted by Gasteiger charge is -2.02. The van der Waals surface area contributed by atoms with E-state index in [1.165, 1.54) is 11.3 Å². The molecule has 2 heterocycles. The number of anilines is 1. The van der Waals surface area contributed by atoms with Crippen LogP contribution < -0.4 is 11.1 Å². The number of furan rings is 1. The molecule has 0 aliphatic rings. The van der Waals surface area contributed by atoms with Gasteiger partial charge in [-0.3, -0.25) is 4.79 Å². The van der Waals surface area contributed by atoms with Gasteiger partial charge in [-0.05, 0) is 23.6 Å². The van der Waals surface area contributed by atoms with Gasteiger partial charge >= 0.3 is 0 Å². The fraction of sp³-hybridized carbons (Fsp3) is 0.182. The van der Waals surface area contributed by atoms with Gasteiger partial charge in [0.05, 0.1) is 12.0 Å². The van der Waals surface area contributed by atoms with Crippen LogP contribution in [0, 0.1) is 0 Å². The molecule has 2 aromatic rings. The van der Waals surface area contributed by atoms with Crippen molar-refractivity contribution in [3.8, 4) is 0 Å². The molecule has 0 bridgehead atoms. The van der Waals surface area contributed by atoms with Gasteiger partial charge in [0, 0.05) is 13.0 Å². The molecule has 0 unspecified atom stereocenters. The monoisotopic (exact) mass is 236 g/mol. The predicted octanol–water partition coefficient (Wildman–Crippen LogP) is 1.90. The second-order valence-electron chi connectivity index (χ2n) is 3.29. The maximum Gasteiger partial charge on any atom is 0.263 e. The van der Waals surface area contributed by atoms with E-state index in [1.807, 2.05) is 12.1 Å². The highest BCUT2D eigenvalue weighted by molar-refractivity contribution is 7.12. The van der Waals surface area contributed by atoms with Crippen LogP contribution in [0.2, 0.25) is 0 Å². The van der Waals surface area contributed by atoms with E-state index in [0.717, 1.165) is 5.76 Å². The Morgan fingerprint density at radius 1 is 1.50 bits per heavy atom. The highest BCUT2D eigenvalue weighted by atomic mass is 32.1. The molecule has 0 aliphatic carbocycles. The molecule has 0 atom stereocenters. The lowest BCUT2D eigenvalue weighted by molar-refractivity contribution is 0.0958. The maximum absolute atomic E-state index is 11.6. The highest BCUT2D eigenvalue weighted by Gasteiger charge is 2.10. The van der Waals surface area contributed by atoms with Gasteiger partial charge < -0.3 is 15.5 Å². The van der Waals surface area contributed by atoms with Gasteiger partial charge in [0.25, 0.3) is 5.91 Å². The van der Waals surface area contributed by atoms with E-state index < -0.39 is 0 Å². The quantitative estimate of drug-likeness (QED) is 0.851. The number of nitrogens with one attached hydrogen (secondary N) is 1. The van der Waals surface area contributed by atoms with Crippen molar-refractivity contribution in [2.75, 3.05) is 12.3 Å². The number of nitrogens with two attached hydrogens (primary N) is 1. The van der Waals surface area contributed by atoms with Gasteiger partial charge in [-0.2, -0.15) is 0 Å². The number of hydrogen-bond acceptors (Lipinski definition) is 4. The molecule has 84 valence electrons. The first kappa shape index (κ1) is 10.8. The Morgan fingerprint density at radius 2 is 2.38 bits per heavy atom. The lowest BCUT2D eigenvalue weighted by atomic mass is 10.3. The molecule has 0 aromatic carbocycles. The average Bonchev–Trinajstić information content (AvgIpc) is 2.88. The Kier molecular flexibility index (Phi) is 3.26. The minimum atomic E-state index is -0.126. The van der Waals surface area contributed by atoms with Gasteiger partial charge in [0.1, 0.15) is 10.6 Å². The molecule has 4 nitrogen and oxygen atoms in total. The van der Waals surface area contributed by atoms with Crippen molar-refractivity contribution in [3.05, 3.63) is 40.5 Å². The molecule has 0 saturated carbocycles. The van der Waals surface area contributed by atoms with E-state index in [1.54, 1.807) is 17.7 Å². The number of hydrogen-bond donors (Lipinski definition) is 2. The van der Waals surface area contributed by atoms with E-state index in [-0.39, 0.29) is 5.91 Å². The Bertz CT molecular complexity index is 462. The van der Waals surface area contributed by atoms with E-state index in [0.29, 0.717) is 23.5 Å². The van der Waals surface area contributed by atoms with E-state index in [2.05, 4.69) is 5.32 Å². The molecule has 0 radical (unpaired) electrons. The number of thiophene rings is 1. The molecular weight excluding hydrogens is 224 g/mol. The third-order valence-corrected chi connectivity index (χ3v) is 3.07. The molecule has 0 aliphatic heterocycles. The van der Waals surface area contributed by atoms with Crippen LogP contribution >= 0.6 is 11.3 Å². The minimum Gasteiger partial charge on any atom is -0.469 e. The topological polar surface area (TPSA) is 68.3 Å². The van der Waals surface area contributed by atoms with E-state index in [9.17, 15) is 4.79 Å². The van der Waals surface area contributed by atoms with Crippen molar-refractivity contribution >= 4 is 22.9 Å². The minimum absolute atomic E-state index is 0.126. The van der Waals surface area contributed by atoms with Crippen LogP contribution in [-0.4, -0.2) is 12.5 Å². The summed E-state index contributed by atoms with van der Waals surface area (Å²) in [6, 6.07) is 5.44. The van der Waals surface area contributed by atoms with Crippen LogP contribution in [0.1, 0.15) is 15.4 Å². The van der Waals surface area contributed by atoms with Crippen molar-refractivity contribution in [1.82, 2.24) is 5.32 Å². The summed E-state index contributed by atoms with van der Waals surface area (Å²) in [6.07, 6.45) is 2.30. The van der Waals surface area contributed by atoms with Gasteiger partial charge in [-0.1, -0.05) is 0 Å². The fourth-order valence-electron chi connectivity index (χ4n) is 1.34. The van der Waals surface area contributed by atoms with Crippen LogP contribution in [-0.2, 0) is 6.42 Å². The zero-order chi connectivity index (χ0) is 11.4. The number of rotatable bonds is 4. The van der Waals surface area contributed by atoms with Gasteiger partial charge in [-0.25, -0.2) is 0 Å². The standard InChI is InChI=1S/C11H12N2O2S/c12-9-4-7-16-10(9)11(14)13-5-3-8-2-1-6-15-8/h1-2,4,6-7H,3,5,12H2,(H,13,14). The second-order valence-corrected chi connectivity index (χ2v) is 4.21. The Hall–Kier alpha value is -1.75. The number of amides is 1. The van der Waals surface area contributed by atoms with E-state index >= 15 is 0 Å². The maximum atomic E-state index is 11.6. The molecule has 2 rings (SSSR count). The predicted molar refractivity (Wildman–Crippen MR) is 63.5 cm³/mol. The summed E-state index contributed by atoms with van der Waals surface area (Å²) < 4.78 is 5.16. The second kappa shape index (κ2) is 4.85. The average molecular weight is 236 g/mol. The molecule has 0 saturated heterocycles. The fourth-order valence-corrected chi connectivity index (χ4v) is 2.07. The smallest absolute Gasteiger partial charge is 0.263 e. The SMILES string of the molecule is Nc1ccsc1C(=O)NCCc1ccco1. The van der Waals surface area contributed by atoms with Crippen LogP contribution in [0.3, 0.4) is 0 Å². The summed E-state index contributed by atoms with van der Waals surface area (Å²) in [5.41, 5.74) is 6.17. The van der Waals surface area contributed by atoms with Crippen LogP contribution in [0.15, 0.2) is 34.3 Å². The van der Waals surface area contributed by atoms with Crippen molar-refractivity contribution < 1.29 is 9.21 Å². The van der Waals surface area contributed by atoms with Crippen molar-refractivity contribution in [1.29, 1.82) is 0 Å². The zero-order valence-corrected chi connectivity index (χ0v) is 9.42. The first-order valence-corrected chi connectivity index (χ1v) is 5.79. The van der Waals surface area contributed by atoms with Gasteiger partial charge in [-0.15, -0.1) is 11.3 Å². The number of carbonyl (C=O) groups excluding carboxylic acids is 1. The zero-order valence-electron chi connectivity index (χ0n) is 8.60. The van der Waals surface area contributed by atoms with Gasteiger partial charge in [0.2, 0.25) is 0 Å². The first-order valence-electron chi connectivity index (χ1n) is 4.91. The molecular formula is C11H12N2O2S. The van der Waals surface area contributed by atoms with Crippen LogP contribution in [0.5, 0.6) is 0 Å². The van der Waals surface area contributed by atoms with Crippen molar-refractivity contribution in [2.24, 2.45) is 0 Å². The highest BCUT2D eigenvalue weighted by Crippen LogP contribution is 2.18. The summed E-state index contributed by atoms with van der Waals surface area (Å²) in [5, 5.41) is 4.60. The molecule has 0 spiro atoms. The Balaban J connectivity index is 1.83. The summed E-state index contributed by atoms with van der Waals surface area (Å²) >= 11 is 1.35. The first-order chi connectivity index (χ1) is 7.77. The molecule has 3 N–H and O–H groups in total. The largest absolute Gasteiger partial charge is 0.469 e. The lowest BCUT2D eigenvalue weighted by Crippen LogP contribution is -2.25. The summed E-state index contributed by atoms with van der Waals surface area (Å²) in [5.74, 6) is 0.735. The Labute approximate surface area is 97.1 Å². The van der Waals surface area contributed by atoms with E-state index in [4.69, 9.17) is 10.2 Å². The summed E-state index contributed by atoms with van der Waals surface area (Å²) in [7, 11) is 0. The van der Waals surface area contributed by atoms with Gasteiger partial charge in [0.15, 0.2) is 0 Å². The van der Waals surface area contributed by atoms with Crippen LogP contribution in [0.25, 0.3) is 0 Å². The Morgan fingerprint density at radius 3 is 3.00 bits per heavy atom. The van der Waals surface area contributed by atoms with Crippen molar-refractivity contribution in [3.63, 3.8) is 0 Å². The molecule has 1 amide bonds. The van der Waals surface area contributed by atoms with Crippen LogP contribution in [0.4, 0.5) is 5.69 Å². The number of carbonyl (C=O) groups is 1.